The van der Waals surface area contributed by atoms with Crippen LogP contribution in [0.1, 0.15) is 30.0 Å². The van der Waals surface area contributed by atoms with Crippen molar-refractivity contribution in [2.75, 3.05) is 24.2 Å². The van der Waals surface area contributed by atoms with Crippen molar-refractivity contribution in [1.29, 1.82) is 0 Å². The first-order chi connectivity index (χ1) is 14.7. The second-order valence-corrected chi connectivity index (χ2v) is 8.89. The fourth-order valence-electron chi connectivity index (χ4n) is 3.14. The topological polar surface area (TPSA) is 123 Å². The van der Waals surface area contributed by atoms with Crippen LogP contribution < -0.4 is 5.32 Å². The molecule has 2 heterocycles. The van der Waals surface area contributed by atoms with Crippen molar-refractivity contribution in [2.45, 2.75) is 25.1 Å². The minimum absolute atomic E-state index is 0.0651. The first-order valence-corrected chi connectivity index (χ1v) is 11.4. The average Bonchev–Trinajstić information content (AvgIpc) is 3.26. The van der Waals surface area contributed by atoms with E-state index >= 15 is 0 Å². The Balaban J connectivity index is 1.76. The van der Waals surface area contributed by atoms with Crippen LogP contribution in [-0.2, 0) is 11.8 Å². The van der Waals surface area contributed by atoms with Crippen LogP contribution in [0.4, 0.5) is 11.4 Å². The third-order valence-electron chi connectivity index (χ3n) is 4.65. The van der Waals surface area contributed by atoms with E-state index in [0.717, 1.165) is 14.6 Å². The summed E-state index contributed by atoms with van der Waals surface area (Å²) in [5.74, 6) is -0.234. The Morgan fingerprint density at radius 3 is 2.68 bits per heavy atom. The quantitative estimate of drug-likeness (QED) is 0.309. The minimum atomic E-state index is -0.613. The van der Waals surface area contributed by atoms with Crippen molar-refractivity contribution in [3.8, 4) is 0 Å². The molecule has 0 aliphatic carbocycles. The van der Waals surface area contributed by atoms with Gasteiger partial charge in [-0.1, -0.05) is 11.8 Å². The molecule has 0 saturated heterocycles. The van der Waals surface area contributed by atoms with Gasteiger partial charge in [0.15, 0.2) is 4.34 Å². The lowest BCUT2D eigenvalue weighted by Crippen LogP contribution is -2.31. The Morgan fingerprint density at radius 2 is 2.03 bits per heavy atom. The van der Waals surface area contributed by atoms with E-state index in [4.69, 9.17) is 0 Å². The van der Waals surface area contributed by atoms with Gasteiger partial charge >= 0.3 is 5.69 Å². The SMILES string of the molecule is CCN(CC)C(=O)CSc1nc2ccc(NC(=O)c3c([N+](=O)[O-])c(C)nn3C)cc2s1. The number of anilines is 1. The molecule has 1 N–H and O–H groups in total. The van der Waals surface area contributed by atoms with Crippen molar-refractivity contribution in [2.24, 2.45) is 7.05 Å². The predicted octanol–water partition coefficient (Wildman–Crippen LogP) is 3.46. The maximum atomic E-state index is 12.7. The summed E-state index contributed by atoms with van der Waals surface area (Å²) in [6.45, 7) is 6.73. The summed E-state index contributed by atoms with van der Waals surface area (Å²) in [4.78, 5) is 41.9. The highest BCUT2D eigenvalue weighted by Gasteiger charge is 2.29. The summed E-state index contributed by atoms with van der Waals surface area (Å²) in [5.41, 5.74) is 0.998. The first kappa shape index (κ1) is 22.7. The Hall–Kier alpha value is -2.99. The van der Waals surface area contributed by atoms with Crippen LogP contribution in [0.3, 0.4) is 0 Å². The van der Waals surface area contributed by atoms with Gasteiger partial charge in [-0.05, 0) is 39.0 Å². The molecule has 0 aliphatic heterocycles. The number of aryl methyl sites for hydroxylation is 2. The van der Waals surface area contributed by atoms with Gasteiger partial charge in [-0.25, -0.2) is 4.98 Å². The van der Waals surface area contributed by atoms with Crippen LogP contribution >= 0.6 is 23.1 Å². The number of rotatable bonds is 8. The summed E-state index contributed by atoms with van der Waals surface area (Å²) in [7, 11) is 1.49. The molecule has 0 fully saturated rings. The number of hydrogen-bond donors (Lipinski definition) is 1. The van der Waals surface area contributed by atoms with Crippen molar-refractivity contribution in [3.05, 3.63) is 39.7 Å². The van der Waals surface area contributed by atoms with Crippen molar-refractivity contribution < 1.29 is 14.5 Å². The van der Waals surface area contributed by atoms with E-state index in [0.29, 0.717) is 24.5 Å². The minimum Gasteiger partial charge on any atom is -0.343 e. The van der Waals surface area contributed by atoms with Crippen molar-refractivity contribution >= 4 is 56.5 Å². The van der Waals surface area contributed by atoms with Gasteiger partial charge in [0, 0.05) is 25.8 Å². The zero-order valence-corrected chi connectivity index (χ0v) is 19.2. The molecular formula is C19H22N6O4S2. The average molecular weight is 463 g/mol. The Morgan fingerprint density at radius 1 is 1.32 bits per heavy atom. The van der Waals surface area contributed by atoms with E-state index in [1.807, 2.05) is 13.8 Å². The van der Waals surface area contributed by atoms with Gasteiger partial charge in [-0.15, -0.1) is 11.3 Å². The second-order valence-electron chi connectivity index (χ2n) is 6.63. The second kappa shape index (κ2) is 9.43. The molecular weight excluding hydrogens is 440 g/mol. The van der Waals surface area contributed by atoms with Crippen LogP contribution in [0.5, 0.6) is 0 Å². The lowest BCUT2D eigenvalue weighted by molar-refractivity contribution is -0.385. The number of thiazole rings is 1. The molecule has 2 aromatic heterocycles. The number of hydrogen-bond acceptors (Lipinski definition) is 8. The molecule has 0 unspecified atom stereocenters. The lowest BCUT2D eigenvalue weighted by Gasteiger charge is -2.17. The Labute approximate surface area is 186 Å². The largest absolute Gasteiger partial charge is 0.343 e. The van der Waals surface area contributed by atoms with E-state index in [-0.39, 0.29) is 23.0 Å². The highest BCUT2D eigenvalue weighted by molar-refractivity contribution is 8.01. The molecule has 1 aromatic carbocycles. The normalized spacial score (nSPS) is 11.0. The molecule has 0 bridgehead atoms. The molecule has 0 spiro atoms. The van der Waals surface area contributed by atoms with Crippen LogP contribution in [0.2, 0.25) is 0 Å². The number of nitrogens with zero attached hydrogens (tertiary/aromatic N) is 5. The number of thioether (sulfide) groups is 1. The van der Waals surface area contributed by atoms with Gasteiger partial charge in [-0.2, -0.15) is 5.10 Å². The van der Waals surface area contributed by atoms with E-state index in [1.165, 1.54) is 41.8 Å². The fraction of sp³-hybridized carbons (Fsp3) is 0.368. The number of carbonyl (C=O) groups excluding carboxylic acids is 2. The smallest absolute Gasteiger partial charge is 0.322 e. The predicted molar refractivity (Wildman–Crippen MR) is 121 cm³/mol. The number of fused-ring (bicyclic) bond motifs is 1. The molecule has 31 heavy (non-hydrogen) atoms. The monoisotopic (exact) mass is 462 g/mol. The fourth-order valence-corrected chi connectivity index (χ4v) is 5.15. The standard InChI is InChI=1S/C19H22N6O4S2/c1-5-24(6-2)15(26)10-30-19-21-13-8-7-12(9-14(13)31-19)20-18(27)17-16(25(28)29)11(3)22-23(17)4/h7-9H,5-6,10H2,1-4H3,(H,20,27). The Bertz CT molecular complexity index is 1150. The van der Waals surface area contributed by atoms with Gasteiger partial charge in [0.2, 0.25) is 11.6 Å². The molecule has 0 atom stereocenters. The highest BCUT2D eigenvalue weighted by atomic mass is 32.2. The van der Waals surface area contributed by atoms with Crippen molar-refractivity contribution in [1.82, 2.24) is 19.7 Å². The van der Waals surface area contributed by atoms with E-state index < -0.39 is 10.8 Å². The van der Waals surface area contributed by atoms with Gasteiger partial charge in [0.1, 0.15) is 5.69 Å². The molecule has 0 aliphatic rings. The summed E-state index contributed by atoms with van der Waals surface area (Å²) in [6.07, 6.45) is 0. The Kier molecular flexibility index (Phi) is 6.91. The molecule has 12 heteroatoms. The van der Waals surface area contributed by atoms with E-state index in [1.54, 1.807) is 23.1 Å². The third-order valence-corrected chi connectivity index (χ3v) is 6.80. The summed E-state index contributed by atoms with van der Waals surface area (Å²) in [5, 5.41) is 18.0. The molecule has 2 amide bonds. The number of amides is 2. The van der Waals surface area contributed by atoms with E-state index in [2.05, 4.69) is 15.4 Å². The van der Waals surface area contributed by atoms with Gasteiger partial charge in [-0.3, -0.25) is 24.4 Å². The molecule has 3 rings (SSSR count). The highest BCUT2D eigenvalue weighted by Crippen LogP contribution is 2.32. The molecule has 0 saturated carbocycles. The summed E-state index contributed by atoms with van der Waals surface area (Å²) in [6, 6.07) is 5.21. The van der Waals surface area contributed by atoms with Gasteiger partial charge in [0.25, 0.3) is 5.91 Å². The number of nitro groups is 1. The maximum Gasteiger partial charge on any atom is 0.322 e. The molecule has 3 aromatic rings. The third kappa shape index (κ3) is 4.85. The van der Waals surface area contributed by atoms with Crippen molar-refractivity contribution in [3.63, 3.8) is 0 Å². The summed E-state index contributed by atoms with van der Waals surface area (Å²) >= 11 is 2.80. The first-order valence-electron chi connectivity index (χ1n) is 9.55. The number of benzene rings is 1. The number of aromatic nitrogens is 3. The van der Waals surface area contributed by atoms with Crippen LogP contribution in [0.15, 0.2) is 22.5 Å². The van der Waals surface area contributed by atoms with E-state index in [9.17, 15) is 19.7 Å². The van der Waals surface area contributed by atoms with Gasteiger partial charge < -0.3 is 10.2 Å². The number of nitrogens with one attached hydrogen (secondary N) is 1. The zero-order chi connectivity index (χ0) is 22.7. The maximum absolute atomic E-state index is 12.7. The van der Waals surface area contributed by atoms with Crippen LogP contribution in [0, 0.1) is 17.0 Å². The van der Waals surface area contributed by atoms with Gasteiger partial charge in [0.05, 0.1) is 20.9 Å². The summed E-state index contributed by atoms with van der Waals surface area (Å²) < 4.78 is 2.80. The molecule has 0 radical (unpaired) electrons. The molecule has 164 valence electrons. The zero-order valence-electron chi connectivity index (χ0n) is 17.5. The van der Waals surface area contributed by atoms with Crippen LogP contribution in [0.25, 0.3) is 10.2 Å². The lowest BCUT2D eigenvalue weighted by atomic mass is 10.2. The van der Waals surface area contributed by atoms with Crippen LogP contribution in [-0.4, -0.2) is 55.2 Å². The number of carbonyl (C=O) groups is 2. The molecule has 10 nitrogen and oxygen atoms in total.